The summed E-state index contributed by atoms with van der Waals surface area (Å²) in [4.78, 5) is 36.9. The minimum atomic E-state index is -1.03. The number of halogens is 2. The number of nitrogens with one attached hydrogen (secondary N) is 2. The van der Waals surface area contributed by atoms with E-state index in [0.29, 0.717) is 22.1 Å². The summed E-state index contributed by atoms with van der Waals surface area (Å²) in [6.07, 6.45) is -0.514. The van der Waals surface area contributed by atoms with Crippen LogP contribution < -0.4 is 10.7 Å². The first-order chi connectivity index (χ1) is 16.8. The predicted molar refractivity (Wildman–Crippen MR) is 131 cm³/mol. The molecular formula is C24H19Cl2N5O4. The minimum absolute atomic E-state index is 0.139. The molecule has 178 valence electrons. The number of phenolic OH excluding ortho intramolecular Hbond substituents is 1. The lowest BCUT2D eigenvalue weighted by Gasteiger charge is -2.44. The number of amides is 3. The van der Waals surface area contributed by atoms with Gasteiger partial charge in [-0.15, -0.1) is 11.6 Å². The number of nitrogens with zero attached hydrogens (tertiary/aromatic N) is 3. The average Bonchev–Trinajstić information content (AvgIpc) is 2.85. The van der Waals surface area contributed by atoms with E-state index in [9.17, 15) is 19.5 Å². The van der Waals surface area contributed by atoms with Gasteiger partial charge in [0.15, 0.2) is 0 Å². The van der Waals surface area contributed by atoms with Crippen molar-refractivity contribution in [3.8, 4) is 5.75 Å². The third-order valence-electron chi connectivity index (χ3n) is 5.09. The van der Waals surface area contributed by atoms with Gasteiger partial charge in [0.05, 0.1) is 11.4 Å². The van der Waals surface area contributed by atoms with E-state index in [-0.39, 0.29) is 11.3 Å². The molecule has 11 heteroatoms. The second kappa shape index (κ2) is 10.5. The number of alkyl halides is 1. The van der Waals surface area contributed by atoms with Crippen molar-refractivity contribution in [1.29, 1.82) is 0 Å². The first-order valence-corrected chi connectivity index (χ1v) is 11.2. The molecule has 1 saturated heterocycles. The topological polar surface area (TPSA) is 123 Å². The number of hydrazine groups is 1. The number of hydrogen-bond acceptors (Lipinski definition) is 6. The van der Waals surface area contributed by atoms with Crippen LogP contribution in [0.3, 0.4) is 0 Å². The first-order valence-electron chi connectivity index (χ1n) is 10.4. The largest absolute Gasteiger partial charge is 0.508 e. The number of anilines is 1. The summed E-state index contributed by atoms with van der Waals surface area (Å²) in [5.41, 5.74) is 4.17. The van der Waals surface area contributed by atoms with Crippen LogP contribution in [0.2, 0.25) is 5.02 Å². The second-order valence-electron chi connectivity index (χ2n) is 7.60. The number of carbonyl (C=O) groups is 3. The van der Waals surface area contributed by atoms with E-state index in [4.69, 9.17) is 23.2 Å². The van der Waals surface area contributed by atoms with Crippen molar-refractivity contribution in [3.05, 3.63) is 83.4 Å². The summed E-state index contributed by atoms with van der Waals surface area (Å²) < 4.78 is 0. The third-order valence-corrected chi connectivity index (χ3v) is 5.77. The van der Waals surface area contributed by atoms with E-state index in [1.807, 2.05) is 0 Å². The number of para-hydroxylation sites is 1. The third kappa shape index (κ3) is 5.76. The van der Waals surface area contributed by atoms with Crippen molar-refractivity contribution >= 4 is 58.0 Å². The zero-order valence-corrected chi connectivity index (χ0v) is 19.6. The van der Waals surface area contributed by atoms with E-state index in [2.05, 4.69) is 21.0 Å². The Labute approximate surface area is 210 Å². The fraction of sp³-hybridized carbons (Fsp3) is 0.125. The lowest BCUT2D eigenvalue weighted by atomic mass is 9.94. The van der Waals surface area contributed by atoms with Crippen LogP contribution in [0, 0.1) is 0 Å². The van der Waals surface area contributed by atoms with Crippen molar-refractivity contribution in [3.63, 3.8) is 0 Å². The molecule has 9 nitrogen and oxygen atoms in total. The van der Waals surface area contributed by atoms with Gasteiger partial charge in [-0.25, -0.2) is 5.01 Å². The zero-order chi connectivity index (χ0) is 24.9. The monoisotopic (exact) mass is 511 g/mol. The molecule has 0 radical (unpaired) electrons. The highest BCUT2D eigenvalue weighted by Crippen LogP contribution is 2.42. The highest BCUT2D eigenvalue weighted by atomic mass is 35.5. The lowest BCUT2D eigenvalue weighted by molar-refractivity contribution is -0.157. The van der Waals surface area contributed by atoms with Gasteiger partial charge >= 0.3 is 0 Å². The number of azo groups is 1. The Morgan fingerprint density at radius 1 is 0.943 bits per heavy atom. The first kappa shape index (κ1) is 24.2. The Morgan fingerprint density at radius 2 is 1.60 bits per heavy atom. The van der Waals surface area contributed by atoms with Crippen molar-refractivity contribution in [2.24, 2.45) is 10.2 Å². The van der Waals surface area contributed by atoms with Crippen LogP contribution in [0.25, 0.3) is 0 Å². The van der Waals surface area contributed by atoms with Gasteiger partial charge in [0, 0.05) is 16.3 Å². The van der Waals surface area contributed by atoms with E-state index in [1.54, 1.807) is 60.7 Å². The van der Waals surface area contributed by atoms with Crippen molar-refractivity contribution in [1.82, 2.24) is 10.4 Å². The second-order valence-corrected chi connectivity index (χ2v) is 8.51. The molecule has 0 bridgehead atoms. The summed E-state index contributed by atoms with van der Waals surface area (Å²) in [6, 6.07) is 19.0. The summed E-state index contributed by atoms with van der Waals surface area (Å²) in [6.45, 7) is 0. The molecule has 2 atom stereocenters. The summed E-state index contributed by atoms with van der Waals surface area (Å²) in [7, 11) is 0. The smallest absolute Gasteiger partial charge is 0.262 e. The molecule has 0 spiro atoms. The molecule has 0 aliphatic carbocycles. The van der Waals surface area contributed by atoms with E-state index < -0.39 is 35.6 Å². The van der Waals surface area contributed by atoms with Gasteiger partial charge in [-0.05, 0) is 54.6 Å². The molecule has 0 aromatic heterocycles. The van der Waals surface area contributed by atoms with Crippen LogP contribution in [0.1, 0.15) is 18.0 Å². The molecular weight excluding hydrogens is 493 g/mol. The fourth-order valence-electron chi connectivity index (χ4n) is 3.39. The van der Waals surface area contributed by atoms with E-state index in [1.165, 1.54) is 12.1 Å². The standard InChI is InChI=1S/C24H19Cl2N5O4/c25-14-6-8-16(9-7-14)28-29-17-10-11-19(32)18(12-17)23-22(26)24(35)31(23)30-21(34)13-20(33)27-15-4-2-1-3-5-15/h1-12,22-23,32H,13H2,(H,27,33)(H,30,34). The molecule has 3 amide bonds. The van der Waals surface area contributed by atoms with Gasteiger partial charge in [0.2, 0.25) is 11.8 Å². The highest BCUT2D eigenvalue weighted by Gasteiger charge is 2.49. The number of carbonyl (C=O) groups excluding carboxylic acids is 3. The predicted octanol–water partition coefficient (Wildman–Crippen LogP) is 5.01. The lowest BCUT2D eigenvalue weighted by Crippen LogP contribution is -2.63. The maximum Gasteiger partial charge on any atom is 0.262 e. The van der Waals surface area contributed by atoms with Gasteiger partial charge < -0.3 is 10.4 Å². The SMILES string of the molecule is O=C(CC(=O)NN1C(=O)C(Cl)C1c1cc(N=Nc2ccc(Cl)cc2)ccc1O)Nc1ccccc1. The van der Waals surface area contributed by atoms with Crippen LogP contribution in [0.4, 0.5) is 17.1 Å². The van der Waals surface area contributed by atoms with Gasteiger partial charge in [-0.2, -0.15) is 10.2 Å². The Morgan fingerprint density at radius 3 is 2.31 bits per heavy atom. The molecule has 1 aliphatic rings. The number of phenols is 1. The number of β-lactam (4-membered cyclic amide) rings is 1. The molecule has 1 aliphatic heterocycles. The summed E-state index contributed by atoms with van der Waals surface area (Å²) >= 11 is 12.1. The van der Waals surface area contributed by atoms with Crippen molar-refractivity contribution in [2.75, 3.05) is 5.32 Å². The van der Waals surface area contributed by atoms with Crippen LogP contribution in [0.5, 0.6) is 5.75 Å². The van der Waals surface area contributed by atoms with Gasteiger partial charge in [-0.1, -0.05) is 29.8 Å². The Balaban J connectivity index is 1.45. The molecule has 3 N–H and O–H groups in total. The Bertz CT molecular complexity index is 1280. The molecule has 2 unspecified atom stereocenters. The molecule has 3 aromatic carbocycles. The number of benzene rings is 3. The molecule has 0 saturated carbocycles. The van der Waals surface area contributed by atoms with Crippen LogP contribution in [0.15, 0.2) is 83.0 Å². The summed E-state index contributed by atoms with van der Waals surface area (Å²) in [5.74, 6) is -1.97. The maximum atomic E-state index is 12.4. The summed E-state index contributed by atoms with van der Waals surface area (Å²) in [5, 5.41) is 21.8. The molecule has 1 fully saturated rings. The van der Waals surface area contributed by atoms with E-state index >= 15 is 0 Å². The van der Waals surface area contributed by atoms with Gasteiger partial charge in [-0.3, -0.25) is 19.8 Å². The quantitative estimate of drug-likeness (QED) is 0.178. The van der Waals surface area contributed by atoms with Crippen LogP contribution in [-0.2, 0) is 14.4 Å². The molecule has 3 aromatic rings. The normalized spacial score (nSPS) is 17.2. The number of aromatic hydroxyl groups is 1. The molecule has 1 heterocycles. The van der Waals surface area contributed by atoms with Gasteiger partial charge in [0.25, 0.3) is 5.91 Å². The van der Waals surface area contributed by atoms with Crippen LogP contribution >= 0.6 is 23.2 Å². The fourth-order valence-corrected chi connectivity index (χ4v) is 3.87. The molecule has 4 rings (SSSR count). The van der Waals surface area contributed by atoms with Crippen LogP contribution in [-0.4, -0.2) is 33.2 Å². The number of hydrogen-bond donors (Lipinski definition) is 3. The van der Waals surface area contributed by atoms with Gasteiger partial charge in [0.1, 0.15) is 23.6 Å². The minimum Gasteiger partial charge on any atom is -0.508 e. The molecule has 35 heavy (non-hydrogen) atoms. The maximum absolute atomic E-state index is 12.4. The van der Waals surface area contributed by atoms with E-state index in [0.717, 1.165) is 5.01 Å². The van der Waals surface area contributed by atoms with Crippen molar-refractivity contribution < 1.29 is 19.5 Å². The average molecular weight is 512 g/mol. The highest BCUT2D eigenvalue weighted by molar-refractivity contribution is 6.33. The Hall–Kier alpha value is -3.95. The van der Waals surface area contributed by atoms with Crippen molar-refractivity contribution in [2.45, 2.75) is 17.8 Å². The Kier molecular flexibility index (Phi) is 7.28. The zero-order valence-electron chi connectivity index (χ0n) is 18.1. The number of rotatable bonds is 7.